The summed E-state index contributed by atoms with van der Waals surface area (Å²) in [6, 6.07) is 8.92. The van der Waals surface area contributed by atoms with E-state index in [1.165, 1.54) is 39.2 Å². The van der Waals surface area contributed by atoms with Gasteiger partial charge in [0.05, 0.1) is 7.11 Å². The molecule has 0 saturated carbocycles. The average molecular weight is 389 g/mol. The lowest BCUT2D eigenvalue weighted by atomic mass is 10.1. The number of methoxy groups -OCH3 is 2. The monoisotopic (exact) mass is 388 g/mol. The van der Waals surface area contributed by atoms with Gasteiger partial charge in [0.15, 0.2) is 12.4 Å². The van der Waals surface area contributed by atoms with Crippen molar-refractivity contribution < 1.29 is 19.0 Å². The van der Waals surface area contributed by atoms with Crippen LogP contribution in [0, 0.1) is 11.3 Å². The fraction of sp³-hybridized carbons (Fsp3) is 0.545. The van der Waals surface area contributed by atoms with Gasteiger partial charge in [0.1, 0.15) is 17.6 Å². The lowest BCUT2D eigenvalue weighted by Crippen LogP contribution is -2.26. The van der Waals surface area contributed by atoms with Crippen LogP contribution in [0.5, 0.6) is 5.75 Å². The van der Waals surface area contributed by atoms with Gasteiger partial charge in [-0.05, 0) is 30.7 Å². The SMILES string of the molecule is CCCCCCCCCNC(=O)C(C#N)=C(OC)c1ccc(OCOC)cc1. The summed E-state index contributed by atoms with van der Waals surface area (Å²) in [5.74, 6) is 0.464. The Kier molecular flexibility index (Phi) is 12.2. The molecule has 0 atom stereocenters. The summed E-state index contributed by atoms with van der Waals surface area (Å²) in [5.41, 5.74) is 0.603. The highest BCUT2D eigenvalue weighted by atomic mass is 16.7. The molecule has 6 heteroatoms. The predicted molar refractivity (Wildman–Crippen MR) is 109 cm³/mol. The molecule has 0 heterocycles. The molecule has 154 valence electrons. The van der Waals surface area contributed by atoms with Crippen LogP contribution < -0.4 is 10.1 Å². The highest BCUT2D eigenvalue weighted by Crippen LogP contribution is 2.22. The summed E-state index contributed by atoms with van der Waals surface area (Å²) >= 11 is 0. The Morgan fingerprint density at radius 2 is 1.68 bits per heavy atom. The van der Waals surface area contributed by atoms with Crippen molar-refractivity contribution in [2.24, 2.45) is 0 Å². The average Bonchev–Trinajstić information content (AvgIpc) is 2.72. The van der Waals surface area contributed by atoms with Gasteiger partial charge in [-0.25, -0.2) is 0 Å². The first-order valence-electron chi connectivity index (χ1n) is 9.86. The predicted octanol–water partition coefficient (Wildman–Crippen LogP) is 4.42. The maximum atomic E-state index is 12.4. The summed E-state index contributed by atoms with van der Waals surface area (Å²) in [6.45, 7) is 2.91. The zero-order valence-corrected chi connectivity index (χ0v) is 17.3. The number of ether oxygens (including phenoxy) is 3. The molecule has 1 aromatic rings. The number of carbonyl (C=O) groups excluding carboxylic acids is 1. The molecule has 1 N–H and O–H groups in total. The van der Waals surface area contributed by atoms with Gasteiger partial charge in [0.2, 0.25) is 0 Å². The Hall–Kier alpha value is -2.52. The smallest absolute Gasteiger partial charge is 0.265 e. The summed E-state index contributed by atoms with van der Waals surface area (Å²) in [4.78, 5) is 12.4. The Morgan fingerprint density at radius 1 is 1.04 bits per heavy atom. The van der Waals surface area contributed by atoms with Gasteiger partial charge in [-0.1, -0.05) is 45.4 Å². The number of nitrogens with one attached hydrogen (secondary N) is 1. The van der Waals surface area contributed by atoms with Crippen LogP contribution in [0.25, 0.3) is 5.76 Å². The Labute approximate surface area is 168 Å². The summed E-state index contributed by atoms with van der Waals surface area (Å²) in [7, 11) is 3.00. The molecule has 1 rings (SSSR count). The van der Waals surface area contributed by atoms with Crippen LogP contribution in [0.15, 0.2) is 29.8 Å². The van der Waals surface area contributed by atoms with Crippen LogP contribution in [-0.2, 0) is 14.3 Å². The number of unbranched alkanes of at least 4 members (excludes halogenated alkanes) is 6. The molecule has 0 fully saturated rings. The molecule has 0 bridgehead atoms. The second-order valence-electron chi connectivity index (χ2n) is 6.47. The number of nitriles is 1. The number of amides is 1. The van der Waals surface area contributed by atoms with Gasteiger partial charge >= 0.3 is 0 Å². The largest absolute Gasteiger partial charge is 0.495 e. The first-order chi connectivity index (χ1) is 13.7. The highest BCUT2D eigenvalue weighted by molar-refractivity contribution is 6.03. The van der Waals surface area contributed by atoms with Crippen molar-refractivity contribution in [3.8, 4) is 11.8 Å². The number of carbonyl (C=O) groups is 1. The van der Waals surface area contributed by atoms with Crippen molar-refractivity contribution in [1.82, 2.24) is 5.32 Å². The number of hydrogen-bond donors (Lipinski definition) is 1. The molecule has 1 amide bonds. The van der Waals surface area contributed by atoms with E-state index in [0.717, 1.165) is 12.8 Å². The van der Waals surface area contributed by atoms with Crippen molar-refractivity contribution in [3.63, 3.8) is 0 Å². The maximum Gasteiger partial charge on any atom is 0.265 e. The number of rotatable bonds is 14. The van der Waals surface area contributed by atoms with Crippen LogP contribution in [0.4, 0.5) is 0 Å². The van der Waals surface area contributed by atoms with Crippen LogP contribution in [0.2, 0.25) is 0 Å². The Bertz CT molecular complexity index is 647. The van der Waals surface area contributed by atoms with Crippen molar-refractivity contribution in [1.29, 1.82) is 5.26 Å². The standard InChI is InChI=1S/C22H32N2O4/c1-4-5-6-7-8-9-10-15-24-22(25)20(16-23)21(27-3)18-11-13-19(14-12-18)28-17-26-2/h11-14H,4-10,15,17H2,1-3H3,(H,24,25). The molecule has 0 spiro atoms. The van der Waals surface area contributed by atoms with Crippen molar-refractivity contribution in [2.75, 3.05) is 27.6 Å². The third-order valence-electron chi connectivity index (χ3n) is 4.30. The first-order valence-corrected chi connectivity index (χ1v) is 9.86. The van der Waals surface area contributed by atoms with E-state index in [-0.39, 0.29) is 18.1 Å². The van der Waals surface area contributed by atoms with E-state index >= 15 is 0 Å². The maximum absolute atomic E-state index is 12.4. The van der Waals surface area contributed by atoms with E-state index in [0.29, 0.717) is 17.9 Å². The van der Waals surface area contributed by atoms with Crippen molar-refractivity contribution >= 4 is 11.7 Å². The molecule has 0 aliphatic carbocycles. The van der Waals surface area contributed by atoms with E-state index in [9.17, 15) is 10.1 Å². The van der Waals surface area contributed by atoms with Gasteiger partial charge in [0.25, 0.3) is 5.91 Å². The molecule has 0 aromatic heterocycles. The third kappa shape index (κ3) is 8.45. The topological polar surface area (TPSA) is 80.6 Å². The van der Waals surface area contributed by atoms with Gasteiger partial charge in [-0.3, -0.25) is 4.79 Å². The molecule has 1 aromatic carbocycles. The molecular weight excluding hydrogens is 356 g/mol. The Morgan fingerprint density at radius 3 is 2.25 bits per heavy atom. The minimum atomic E-state index is -0.412. The summed E-state index contributed by atoms with van der Waals surface area (Å²) < 4.78 is 15.5. The number of hydrogen-bond acceptors (Lipinski definition) is 5. The van der Waals surface area contributed by atoms with Gasteiger partial charge < -0.3 is 19.5 Å². The van der Waals surface area contributed by atoms with E-state index in [1.807, 2.05) is 6.07 Å². The second kappa shape index (κ2) is 14.5. The van der Waals surface area contributed by atoms with Crippen LogP contribution >= 0.6 is 0 Å². The molecular formula is C22H32N2O4. The fourth-order valence-corrected chi connectivity index (χ4v) is 2.77. The zero-order chi connectivity index (χ0) is 20.6. The highest BCUT2D eigenvalue weighted by Gasteiger charge is 2.17. The van der Waals surface area contributed by atoms with Gasteiger partial charge in [-0.2, -0.15) is 5.26 Å². The van der Waals surface area contributed by atoms with Crippen LogP contribution in [0.1, 0.15) is 57.4 Å². The number of benzene rings is 1. The molecule has 0 aliphatic heterocycles. The normalized spacial score (nSPS) is 11.4. The second-order valence-corrected chi connectivity index (χ2v) is 6.47. The lowest BCUT2D eigenvalue weighted by molar-refractivity contribution is -0.117. The van der Waals surface area contributed by atoms with E-state index in [1.54, 1.807) is 31.4 Å². The van der Waals surface area contributed by atoms with Crippen LogP contribution in [-0.4, -0.2) is 33.5 Å². The van der Waals surface area contributed by atoms with Crippen LogP contribution in [0.3, 0.4) is 0 Å². The molecule has 0 radical (unpaired) electrons. The van der Waals surface area contributed by atoms with E-state index in [4.69, 9.17) is 14.2 Å². The fourth-order valence-electron chi connectivity index (χ4n) is 2.77. The lowest BCUT2D eigenvalue weighted by Gasteiger charge is -2.11. The molecule has 6 nitrogen and oxygen atoms in total. The van der Waals surface area contributed by atoms with E-state index < -0.39 is 5.91 Å². The van der Waals surface area contributed by atoms with Gasteiger partial charge in [-0.15, -0.1) is 0 Å². The summed E-state index contributed by atoms with van der Waals surface area (Å²) in [6.07, 6.45) is 8.20. The minimum Gasteiger partial charge on any atom is -0.495 e. The van der Waals surface area contributed by atoms with Gasteiger partial charge in [0, 0.05) is 19.2 Å². The first kappa shape index (κ1) is 23.5. The molecule has 0 saturated heterocycles. The zero-order valence-electron chi connectivity index (χ0n) is 17.3. The molecule has 0 unspecified atom stereocenters. The minimum absolute atomic E-state index is 0.0315. The van der Waals surface area contributed by atoms with Crippen molar-refractivity contribution in [2.45, 2.75) is 51.9 Å². The van der Waals surface area contributed by atoms with E-state index in [2.05, 4.69) is 12.2 Å². The summed E-state index contributed by atoms with van der Waals surface area (Å²) in [5, 5.41) is 12.3. The molecule has 28 heavy (non-hydrogen) atoms. The third-order valence-corrected chi connectivity index (χ3v) is 4.30. The Balaban J connectivity index is 2.61. The quantitative estimate of drug-likeness (QED) is 0.168. The number of nitrogens with zero attached hydrogens (tertiary/aromatic N) is 1. The van der Waals surface area contributed by atoms with Crippen molar-refractivity contribution in [3.05, 3.63) is 35.4 Å². The molecule has 0 aliphatic rings.